The van der Waals surface area contributed by atoms with Crippen molar-refractivity contribution < 1.29 is 4.79 Å². The molecule has 1 nitrogen and oxygen atoms in total. The fraction of sp³-hybridized carbons (Fsp3) is 0.188. The summed E-state index contributed by atoms with van der Waals surface area (Å²) < 4.78 is 0.989. The van der Waals surface area contributed by atoms with Crippen LogP contribution in [0.15, 0.2) is 46.9 Å². The van der Waals surface area contributed by atoms with Gasteiger partial charge >= 0.3 is 0 Å². The number of aryl methyl sites for hydroxylation is 2. The highest BCUT2D eigenvalue weighted by Crippen LogP contribution is 2.19. The summed E-state index contributed by atoms with van der Waals surface area (Å²) in [7, 11) is 0. The summed E-state index contributed by atoms with van der Waals surface area (Å²) in [5, 5.41) is 0. The van der Waals surface area contributed by atoms with Gasteiger partial charge < -0.3 is 0 Å². The Morgan fingerprint density at radius 3 is 2.50 bits per heavy atom. The molecule has 92 valence electrons. The van der Waals surface area contributed by atoms with Gasteiger partial charge in [-0.2, -0.15) is 0 Å². The van der Waals surface area contributed by atoms with Crippen molar-refractivity contribution in [3.8, 4) is 0 Å². The van der Waals surface area contributed by atoms with Crippen LogP contribution in [0.2, 0.25) is 0 Å². The summed E-state index contributed by atoms with van der Waals surface area (Å²) in [6, 6.07) is 13.8. The first-order valence-corrected chi connectivity index (χ1v) is 6.71. The molecule has 2 heteroatoms. The third-order valence-corrected chi connectivity index (χ3v) is 3.76. The van der Waals surface area contributed by atoms with Crippen molar-refractivity contribution >= 4 is 21.7 Å². The molecule has 2 aromatic rings. The van der Waals surface area contributed by atoms with Crippen LogP contribution >= 0.6 is 15.9 Å². The number of Topliss-reactive ketones (excluding diaryl/α,β-unsaturated/α-hetero) is 1. The molecule has 0 saturated heterocycles. The zero-order chi connectivity index (χ0) is 13.1. The molecule has 0 saturated carbocycles. The second kappa shape index (κ2) is 5.49. The molecule has 0 spiro atoms. The Kier molecular flexibility index (Phi) is 3.97. The Morgan fingerprint density at radius 1 is 1.11 bits per heavy atom. The van der Waals surface area contributed by atoms with E-state index < -0.39 is 0 Å². The van der Waals surface area contributed by atoms with Crippen molar-refractivity contribution in [2.24, 2.45) is 0 Å². The highest BCUT2D eigenvalue weighted by Gasteiger charge is 2.11. The van der Waals surface area contributed by atoms with E-state index in [2.05, 4.69) is 15.9 Å². The van der Waals surface area contributed by atoms with E-state index in [0.29, 0.717) is 6.42 Å². The van der Waals surface area contributed by atoms with E-state index in [0.717, 1.165) is 21.2 Å². The van der Waals surface area contributed by atoms with E-state index in [-0.39, 0.29) is 5.78 Å². The lowest BCUT2D eigenvalue weighted by Gasteiger charge is -2.07. The second-order valence-electron chi connectivity index (χ2n) is 4.51. The summed E-state index contributed by atoms with van der Waals surface area (Å²) >= 11 is 3.48. The maximum Gasteiger partial charge on any atom is 0.167 e. The molecule has 0 heterocycles. The molecule has 0 aliphatic carbocycles. The van der Waals surface area contributed by atoms with Crippen molar-refractivity contribution in [1.82, 2.24) is 0 Å². The van der Waals surface area contributed by atoms with Gasteiger partial charge in [0.2, 0.25) is 0 Å². The number of carbonyl (C=O) groups excluding carboxylic acids is 1. The van der Waals surface area contributed by atoms with Crippen LogP contribution in [0, 0.1) is 13.8 Å². The number of halogens is 1. The fourth-order valence-electron chi connectivity index (χ4n) is 2.04. The summed E-state index contributed by atoms with van der Waals surface area (Å²) in [6.45, 7) is 4.02. The van der Waals surface area contributed by atoms with Gasteiger partial charge in [-0.15, -0.1) is 0 Å². The van der Waals surface area contributed by atoms with Crippen LogP contribution in [-0.2, 0) is 6.42 Å². The van der Waals surface area contributed by atoms with E-state index in [1.54, 1.807) is 0 Å². The fourth-order valence-corrected chi connectivity index (χ4v) is 2.46. The number of rotatable bonds is 3. The predicted octanol–water partition coefficient (Wildman–Crippen LogP) is 4.49. The molecule has 0 N–H and O–H groups in total. The average molecular weight is 303 g/mol. The Labute approximate surface area is 116 Å². The SMILES string of the molecule is Cc1ccc(C(=O)Cc2ccccc2Br)c(C)c1. The summed E-state index contributed by atoms with van der Waals surface area (Å²) in [6.07, 6.45) is 0.436. The zero-order valence-electron chi connectivity index (χ0n) is 10.5. The van der Waals surface area contributed by atoms with Crippen LogP contribution < -0.4 is 0 Å². The van der Waals surface area contributed by atoms with E-state index in [9.17, 15) is 4.79 Å². The Hall–Kier alpha value is -1.41. The van der Waals surface area contributed by atoms with Gasteiger partial charge in [0.15, 0.2) is 5.78 Å². The minimum absolute atomic E-state index is 0.166. The van der Waals surface area contributed by atoms with Gasteiger partial charge in [-0.3, -0.25) is 4.79 Å². The van der Waals surface area contributed by atoms with Crippen molar-refractivity contribution in [1.29, 1.82) is 0 Å². The standard InChI is InChI=1S/C16H15BrO/c1-11-7-8-14(12(2)9-11)16(18)10-13-5-3-4-6-15(13)17/h3-9H,10H2,1-2H3. The lowest BCUT2D eigenvalue weighted by molar-refractivity contribution is 0.0992. The van der Waals surface area contributed by atoms with Crippen LogP contribution in [0.5, 0.6) is 0 Å². The predicted molar refractivity (Wildman–Crippen MR) is 78.1 cm³/mol. The van der Waals surface area contributed by atoms with Crippen molar-refractivity contribution in [2.75, 3.05) is 0 Å². The maximum atomic E-state index is 12.3. The van der Waals surface area contributed by atoms with Gasteiger partial charge in [-0.1, -0.05) is 57.9 Å². The minimum atomic E-state index is 0.166. The van der Waals surface area contributed by atoms with Crippen LogP contribution in [0.1, 0.15) is 27.0 Å². The first-order chi connectivity index (χ1) is 8.58. The zero-order valence-corrected chi connectivity index (χ0v) is 12.1. The van der Waals surface area contributed by atoms with Crippen molar-refractivity contribution in [3.63, 3.8) is 0 Å². The normalized spacial score (nSPS) is 10.4. The molecule has 0 aliphatic rings. The minimum Gasteiger partial charge on any atom is -0.294 e. The molecule has 2 rings (SSSR count). The molecule has 0 bridgehead atoms. The lowest BCUT2D eigenvalue weighted by Crippen LogP contribution is -2.06. The Bertz CT molecular complexity index is 587. The lowest BCUT2D eigenvalue weighted by atomic mass is 9.98. The number of hydrogen-bond acceptors (Lipinski definition) is 1. The molecule has 0 radical (unpaired) electrons. The van der Waals surface area contributed by atoms with Crippen LogP contribution in [0.3, 0.4) is 0 Å². The molecule has 0 fully saturated rings. The van der Waals surface area contributed by atoms with E-state index in [1.165, 1.54) is 5.56 Å². The third kappa shape index (κ3) is 2.88. The molecule has 0 unspecified atom stereocenters. The molecule has 0 aliphatic heterocycles. The Balaban J connectivity index is 2.25. The van der Waals surface area contributed by atoms with Gasteiger partial charge in [0.1, 0.15) is 0 Å². The number of carbonyl (C=O) groups is 1. The van der Waals surface area contributed by atoms with Gasteiger partial charge in [0.05, 0.1) is 0 Å². The Morgan fingerprint density at radius 2 is 1.83 bits per heavy atom. The first-order valence-electron chi connectivity index (χ1n) is 5.92. The quantitative estimate of drug-likeness (QED) is 0.763. The molecular formula is C16H15BrO. The average Bonchev–Trinajstić information content (AvgIpc) is 2.32. The molecular weight excluding hydrogens is 288 g/mol. The highest BCUT2D eigenvalue weighted by molar-refractivity contribution is 9.10. The van der Waals surface area contributed by atoms with Crippen LogP contribution in [-0.4, -0.2) is 5.78 Å². The molecule has 0 amide bonds. The van der Waals surface area contributed by atoms with Crippen LogP contribution in [0.4, 0.5) is 0 Å². The van der Waals surface area contributed by atoms with Gasteiger partial charge in [-0.05, 0) is 31.0 Å². The molecule has 0 aromatic heterocycles. The van der Waals surface area contributed by atoms with E-state index in [1.807, 2.05) is 56.3 Å². The monoisotopic (exact) mass is 302 g/mol. The van der Waals surface area contributed by atoms with Crippen molar-refractivity contribution in [3.05, 3.63) is 69.2 Å². The highest BCUT2D eigenvalue weighted by atomic mass is 79.9. The number of hydrogen-bond donors (Lipinski definition) is 0. The van der Waals surface area contributed by atoms with Gasteiger partial charge in [0.25, 0.3) is 0 Å². The third-order valence-electron chi connectivity index (χ3n) is 2.99. The molecule has 18 heavy (non-hydrogen) atoms. The summed E-state index contributed by atoms with van der Waals surface area (Å²) in [4.78, 5) is 12.3. The smallest absolute Gasteiger partial charge is 0.167 e. The van der Waals surface area contributed by atoms with Gasteiger partial charge in [0, 0.05) is 16.5 Å². The number of benzene rings is 2. The largest absolute Gasteiger partial charge is 0.294 e. The van der Waals surface area contributed by atoms with E-state index >= 15 is 0 Å². The second-order valence-corrected chi connectivity index (χ2v) is 5.36. The van der Waals surface area contributed by atoms with Crippen LogP contribution in [0.25, 0.3) is 0 Å². The van der Waals surface area contributed by atoms with E-state index in [4.69, 9.17) is 0 Å². The first kappa shape index (κ1) is 13.0. The van der Waals surface area contributed by atoms with Gasteiger partial charge in [-0.25, -0.2) is 0 Å². The molecule has 2 aromatic carbocycles. The molecule has 0 atom stereocenters. The van der Waals surface area contributed by atoms with Crippen molar-refractivity contribution in [2.45, 2.75) is 20.3 Å². The summed E-state index contributed by atoms with van der Waals surface area (Å²) in [5.74, 6) is 0.166. The maximum absolute atomic E-state index is 12.3. The summed E-state index contributed by atoms with van der Waals surface area (Å²) in [5.41, 5.74) is 4.08. The topological polar surface area (TPSA) is 17.1 Å². The number of ketones is 1.